The molecular weight excluding hydrogens is 238 g/mol. The molecular formula is C15H23N3O. The molecule has 1 aliphatic rings. The molecule has 4 heteroatoms. The van der Waals surface area contributed by atoms with Crippen LogP contribution in [0, 0.1) is 6.92 Å². The summed E-state index contributed by atoms with van der Waals surface area (Å²) in [6.07, 6.45) is 0.911. The molecule has 0 aliphatic carbocycles. The first-order valence-corrected chi connectivity index (χ1v) is 6.93. The van der Waals surface area contributed by atoms with Crippen LogP contribution < -0.4 is 5.32 Å². The molecule has 2 rings (SSSR count). The molecule has 1 aromatic carbocycles. The van der Waals surface area contributed by atoms with Gasteiger partial charge in [0.15, 0.2) is 0 Å². The number of nitrogens with one attached hydrogen (secondary N) is 1. The van der Waals surface area contributed by atoms with Crippen molar-refractivity contribution in [2.45, 2.75) is 13.3 Å². The van der Waals surface area contributed by atoms with Gasteiger partial charge in [-0.2, -0.15) is 0 Å². The highest BCUT2D eigenvalue weighted by Crippen LogP contribution is 2.06. The van der Waals surface area contributed by atoms with E-state index >= 15 is 0 Å². The molecule has 0 aromatic heterocycles. The summed E-state index contributed by atoms with van der Waals surface area (Å²) in [6, 6.07) is 8.66. The smallest absolute Gasteiger partial charge is 0.319 e. The van der Waals surface area contributed by atoms with Crippen LogP contribution in [-0.2, 0) is 6.42 Å². The molecule has 0 saturated carbocycles. The van der Waals surface area contributed by atoms with Gasteiger partial charge in [0.25, 0.3) is 0 Å². The van der Waals surface area contributed by atoms with E-state index < -0.39 is 0 Å². The second-order valence-corrected chi connectivity index (χ2v) is 5.18. The zero-order valence-electron chi connectivity index (χ0n) is 11.9. The fourth-order valence-electron chi connectivity index (χ4n) is 2.24. The van der Waals surface area contributed by atoms with Crippen molar-refractivity contribution in [3.63, 3.8) is 0 Å². The zero-order chi connectivity index (χ0) is 13.7. The predicted octanol–water partition coefficient (Wildman–Crippen LogP) is 1.49. The lowest BCUT2D eigenvalue weighted by Gasteiger charge is -2.31. The van der Waals surface area contributed by atoms with Crippen LogP contribution in [0.1, 0.15) is 11.1 Å². The Bertz CT molecular complexity index is 410. The van der Waals surface area contributed by atoms with Gasteiger partial charge in [0, 0.05) is 39.8 Å². The maximum absolute atomic E-state index is 12.2. The summed E-state index contributed by atoms with van der Waals surface area (Å²) in [4.78, 5) is 15.9. The first-order chi connectivity index (χ1) is 9.16. The molecule has 4 nitrogen and oxygen atoms in total. The maximum atomic E-state index is 12.2. The highest BCUT2D eigenvalue weighted by atomic mass is 16.2. The van der Waals surface area contributed by atoms with Crippen molar-refractivity contribution in [1.29, 1.82) is 0 Å². The summed E-state index contributed by atoms with van der Waals surface area (Å²) in [5, 5.41) is 3.26. The number of rotatable bonds is 3. The van der Waals surface area contributed by atoms with E-state index in [1.807, 2.05) is 16.8 Å². The summed E-state index contributed by atoms with van der Waals surface area (Å²) in [5.74, 6) is 0. The molecule has 1 fully saturated rings. The molecule has 1 aliphatic heterocycles. The number of carbonyl (C=O) groups is 1. The fraction of sp³-hybridized carbons (Fsp3) is 0.533. The number of aryl methyl sites for hydroxylation is 1. The third-order valence-electron chi connectivity index (χ3n) is 3.57. The SMILES string of the molecule is Cc1ccc(CCN(C)C(=O)N2CCNCC2)cc1. The number of hydrogen-bond acceptors (Lipinski definition) is 2. The van der Waals surface area contributed by atoms with Crippen LogP contribution in [-0.4, -0.2) is 55.6 Å². The number of amides is 2. The molecule has 0 bridgehead atoms. The zero-order valence-corrected chi connectivity index (χ0v) is 11.9. The Kier molecular flexibility index (Phi) is 4.80. The first kappa shape index (κ1) is 13.9. The third kappa shape index (κ3) is 3.96. The van der Waals surface area contributed by atoms with Crippen molar-refractivity contribution >= 4 is 6.03 Å². The number of urea groups is 1. The van der Waals surface area contributed by atoms with Gasteiger partial charge in [0.1, 0.15) is 0 Å². The van der Waals surface area contributed by atoms with Crippen molar-refractivity contribution < 1.29 is 4.79 Å². The summed E-state index contributed by atoms with van der Waals surface area (Å²) >= 11 is 0. The van der Waals surface area contributed by atoms with Gasteiger partial charge in [0.2, 0.25) is 0 Å². The van der Waals surface area contributed by atoms with Gasteiger partial charge in [-0.25, -0.2) is 4.79 Å². The van der Waals surface area contributed by atoms with E-state index in [1.165, 1.54) is 11.1 Å². The Balaban J connectivity index is 1.81. The van der Waals surface area contributed by atoms with Gasteiger partial charge >= 0.3 is 6.03 Å². The predicted molar refractivity (Wildman–Crippen MR) is 77.4 cm³/mol. The lowest BCUT2D eigenvalue weighted by Crippen LogP contribution is -2.50. The van der Waals surface area contributed by atoms with E-state index in [0.717, 1.165) is 39.1 Å². The van der Waals surface area contributed by atoms with Gasteiger partial charge in [-0.15, -0.1) is 0 Å². The van der Waals surface area contributed by atoms with Gasteiger partial charge < -0.3 is 15.1 Å². The molecule has 104 valence electrons. The van der Waals surface area contributed by atoms with Crippen LogP contribution in [0.2, 0.25) is 0 Å². The van der Waals surface area contributed by atoms with Crippen LogP contribution in [0.5, 0.6) is 0 Å². The van der Waals surface area contributed by atoms with E-state index in [2.05, 4.69) is 36.5 Å². The molecule has 19 heavy (non-hydrogen) atoms. The summed E-state index contributed by atoms with van der Waals surface area (Å²) in [6.45, 7) is 6.28. The molecule has 0 spiro atoms. The molecule has 0 radical (unpaired) electrons. The minimum absolute atomic E-state index is 0.147. The van der Waals surface area contributed by atoms with Gasteiger partial charge in [-0.1, -0.05) is 29.8 Å². The largest absolute Gasteiger partial charge is 0.327 e. The van der Waals surface area contributed by atoms with Crippen molar-refractivity contribution in [3.8, 4) is 0 Å². The Morgan fingerprint density at radius 3 is 2.53 bits per heavy atom. The molecule has 2 amide bonds. The van der Waals surface area contributed by atoms with Crippen LogP contribution in [0.15, 0.2) is 24.3 Å². The van der Waals surface area contributed by atoms with Gasteiger partial charge in [-0.05, 0) is 18.9 Å². The fourth-order valence-corrected chi connectivity index (χ4v) is 2.24. The summed E-state index contributed by atoms with van der Waals surface area (Å²) in [5.41, 5.74) is 2.56. The number of carbonyl (C=O) groups excluding carboxylic acids is 1. The van der Waals surface area contributed by atoms with Crippen molar-refractivity contribution in [2.24, 2.45) is 0 Å². The van der Waals surface area contributed by atoms with Crippen molar-refractivity contribution in [3.05, 3.63) is 35.4 Å². The standard InChI is InChI=1S/C15H23N3O/c1-13-3-5-14(6-4-13)7-10-17(2)15(19)18-11-8-16-9-12-18/h3-6,16H,7-12H2,1-2H3. The molecule has 1 aromatic rings. The highest BCUT2D eigenvalue weighted by molar-refractivity contribution is 5.74. The molecule has 1 N–H and O–H groups in total. The van der Waals surface area contributed by atoms with Gasteiger partial charge in [-0.3, -0.25) is 0 Å². The number of nitrogens with zero attached hydrogens (tertiary/aromatic N) is 2. The third-order valence-corrected chi connectivity index (χ3v) is 3.57. The van der Waals surface area contributed by atoms with Crippen molar-refractivity contribution in [2.75, 3.05) is 39.8 Å². The number of benzene rings is 1. The van der Waals surface area contributed by atoms with E-state index in [0.29, 0.717) is 0 Å². The lowest BCUT2D eigenvalue weighted by atomic mass is 10.1. The second kappa shape index (κ2) is 6.57. The quantitative estimate of drug-likeness (QED) is 0.895. The summed E-state index contributed by atoms with van der Waals surface area (Å²) in [7, 11) is 1.89. The minimum atomic E-state index is 0.147. The van der Waals surface area contributed by atoms with E-state index in [9.17, 15) is 4.79 Å². The monoisotopic (exact) mass is 261 g/mol. The number of piperazine rings is 1. The molecule has 0 atom stereocenters. The average molecular weight is 261 g/mol. The van der Waals surface area contributed by atoms with E-state index in [-0.39, 0.29) is 6.03 Å². The van der Waals surface area contributed by atoms with Crippen LogP contribution in [0.3, 0.4) is 0 Å². The van der Waals surface area contributed by atoms with Crippen LogP contribution in [0.25, 0.3) is 0 Å². The number of hydrogen-bond donors (Lipinski definition) is 1. The highest BCUT2D eigenvalue weighted by Gasteiger charge is 2.19. The minimum Gasteiger partial charge on any atom is -0.327 e. The van der Waals surface area contributed by atoms with E-state index in [4.69, 9.17) is 0 Å². The normalized spacial score (nSPS) is 15.4. The number of likely N-dealkylation sites (N-methyl/N-ethyl adjacent to an activating group) is 1. The molecule has 1 saturated heterocycles. The molecule has 0 unspecified atom stereocenters. The average Bonchev–Trinajstić information content (AvgIpc) is 2.46. The maximum Gasteiger partial charge on any atom is 0.319 e. The summed E-state index contributed by atoms with van der Waals surface area (Å²) < 4.78 is 0. The Hall–Kier alpha value is -1.55. The first-order valence-electron chi connectivity index (χ1n) is 6.93. The second-order valence-electron chi connectivity index (χ2n) is 5.18. The lowest BCUT2D eigenvalue weighted by molar-refractivity contribution is 0.156. The van der Waals surface area contributed by atoms with E-state index in [1.54, 1.807) is 0 Å². The Morgan fingerprint density at radius 1 is 1.26 bits per heavy atom. The topological polar surface area (TPSA) is 35.6 Å². The van der Waals surface area contributed by atoms with Crippen LogP contribution in [0.4, 0.5) is 4.79 Å². The Morgan fingerprint density at radius 2 is 1.89 bits per heavy atom. The molecule has 1 heterocycles. The van der Waals surface area contributed by atoms with Gasteiger partial charge in [0.05, 0.1) is 0 Å². The Labute approximate surface area is 115 Å². The van der Waals surface area contributed by atoms with Crippen LogP contribution >= 0.6 is 0 Å². The van der Waals surface area contributed by atoms with Crippen molar-refractivity contribution in [1.82, 2.24) is 15.1 Å².